The third kappa shape index (κ3) is 4.65. The van der Waals surface area contributed by atoms with E-state index in [0.717, 1.165) is 49.9 Å². The number of carbonyl (C=O) groups excluding carboxylic acids is 1. The van der Waals surface area contributed by atoms with Crippen LogP contribution in [0.3, 0.4) is 0 Å². The van der Waals surface area contributed by atoms with Crippen molar-refractivity contribution >= 4 is 11.6 Å². The first kappa shape index (κ1) is 20.0. The summed E-state index contributed by atoms with van der Waals surface area (Å²) in [6.45, 7) is 4.66. The van der Waals surface area contributed by atoms with E-state index < -0.39 is 0 Å². The minimum absolute atomic E-state index is 0.211. The number of ether oxygens (including phenoxy) is 1. The van der Waals surface area contributed by atoms with E-state index in [1.807, 2.05) is 13.1 Å². The molecule has 8 heteroatoms. The molecule has 30 heavy (non-hydrogen) atoms. The Hall–Kier alpha value is -3.26. The van der Waals surface area contributed by atoms with Crippen LogP contribution >= 0.6 is 0 Å². The number of piperidine rings is 1. The molecule has 2 N–H and O–H groups in total. The summed E-state index contributed by atoms with van der Waals surface area (Å²) in [4.78, 5) is 31.7. The molecule has 0 atom stereocenters. The number of hydrogen-bond donors (Lipinski definition) is 2. The number of hydrogen-bond acceptors (Lipinski definition) is 6. The lowest BCUT2D eigenvalue weighted by atomic mass is 9.95. The standard InChI is InChI=1S/C22H26N6O2/c1-15-19(22(29)27-17-3-5-18(30-2)6-4-17)13-25-21(26-15)16-7-11-28(12-8-16)14-20-23-9-10-24-20/h3-6,9-10,13,16H,7-8,11-12,14H2,1-2H3,(H,23,24)(H,27,29). The number of carbonyl (C=O) groups is 1. The molecule has 1 aliphatic rings. The van der Waals surface area contributed by atoms with Gasteiger partial charge in [0.2, 0.25) is 0 Å². The van der Waals surface area contributed by atoms with Crippen LogP contribution in [-0.2, 0) is 6.54 Å². The Balaban J connectivity index is 1.36. The van der Waals surface area contributed by atoms with E-state index in [1.165, 1.54) is 0 Å². The van der Waals surface area contributed by atoms with Crippen LogP contribution in [0.2, 0.25) is 0 Å². The number of aryl methyl sites for hydroxylation is 1. The summed E-state index contributed by atoms with van der Waals surface area (Å²) in [7, 11) is 1.61. The van der Waals surface area contributed by atoms with Gasteiger partial charge in [0.25, 0.3) is 5.91 Å². The van der Waals surface area contributed by atoms with Crippen molar-refractivity contribution in [3.05, 3.63) is 65.8 Å². The number of H-pyrrole nitrogens is 1. The van der Waals surface area contributed by atoms with Crippen LogP contribution in [0.1, 0.15) is 46.5 Å². The van der Waals surface area contributed by atoms with E-state index in [4.69, 9.17) is 4.74 Å². The minimum Gasteiger partial charge on any atom is -0.497 e. The number of aromatic nitrogens is 4. The number of amides is 1. The van der Waals surface area contributed by atoms with Gasteiger partial charge in [0, 0.05) is 30.2 Å². The van der Waals surface area contributed by atoms with E-state index in [2.05, 4.69) is 30.2 Å². The molecule has 1 aliphatic heterocycles. The molecule has 0 aliphatic carbocycles. The monoisotopic (exact) mass is 406 g/mol. The molecule has 0 unspecified atom stereocenters. The zero-order valence-corrected chi connectivity index (χ0v) is 17.3. The molecule has 3 heterocycles. The Morgan fingerprint density at radius 2 is 2.00 bits per heavy atom. The first-order chi connectivity index (χ1) is 14.6. The molecule has 0 bridgehead atoms. The summed E-state index contributed by atoms with van der Waals surface area (Å²) in [5, 5.41) is 2.89. The van der Waals surface area contributed by atoms with Crippen LogP contribution in [0, 0.1) is 6.92 Å². The summed E-state index contributed by atoms with van der Waals surface area (Å²) < 4.78 is 5.14. The highest BCUT2D eigenvalue weighted by Crippen LogP contribution is 2.26. The van der Waals surface area contributed by atoms with Gasteiger partial charge in [-0.25, -0.2) is 15.0 Å². The Bertz CT molecular complexity index is 979. The van der Waals surface area contributed by atoms with E-state index >= 15 is 0 Å². The van der Waals surface area contributed by atoms with Crippen molar-refractivity contribution < 1.29 is 9.53 Å². The first-order valence-electron chi connectivity index (χ1n) is 10.1. The van der Waals surface area contributed by atoms with Gasteiger partial charge in [0.15, 0.2) is 0 Å². The second kappa shape index (κ2) is 9.04. The first-order valence-corrected chi connectivity index (χ1v) is 10.1. The molecule has 4 rings (SSSR count). The molecule has 156 valence electrons. The number of likely N-dealkylation sites (tertiary alicyclic amines) is 1. The van der Waals surface area contributed by atoms with E-state index in [-0.39, 0.29) is 5.91 Å². The van der Waals surface area contributed by atoms with Gasteiger partial charge < -0.3 is 15.0 Å². The van der Waals surface area contributed by atoms with Crippen LogP contribution in [-0.4, -0.2) is 50.9 Å². The van der Waals surface area contributed by atoms with Gasteiger partial charge >= 0.3 is 0 Å². The highest BCUT2D eigenvalue weighted by Gasteiger charge is 2.24. The summed E-state index contributed by atoms with van der Waals surface area (Å²) in [6.07, 6.45) is 7.27. The maximum Gasteiger partial charge on any atom is 0.259 e. The van der Waals surface area contributed by atoms with Crippen molar-refractivity contribution in [2.45, 2.75) is 32.2 Å². The van der Waals surface area contributed by atoms with Crippen LogP contribution in [0.4, 0.5) is 5.69 Å². The SMILES string of the molecule is COc1ccc(NC(=O)c2cnc(C3CCN(Cc4ncc[nH]4)CC3)nc2C)cc1. The molecule has 1 amide bonds. The van der Waals surface area contributed by atoms with Crippen LogP contribution in [0.25, 0.3) is 0 Å². The molecular formula is C22H26N6O2. The fourth-order valence-electron chi connectivity index (χ4n) is 3.72. The predicted molar refractivity (Wildman–Crippen MR) is 114 cm³/mol. The Morgan fingerprint density at radius 3 is 2.63 bits per heavy atom. The summed E-state index contributed by atoms with van der Waals surface area (Å²) in [6, 6.07) is 7.22. The Morgan fingerprint density at radius 1 is 1.23 bits per heavy atom. The number of nitrogens with one attached hydrogen (secondary N) is 2. The van der Waals surface area contributed by atoms with Gasteiger partial charge in [0.05, 0.1) is 24.9 Å². The fraction of sp³-hybridized carbons (Fsp3) is 0.364. The molecule has 1 fully saturated rings. The zero-order chi connectivity index (χ0) is 20.9. The highest BCUT2D eigenvalue weighted by molar-refractivity contribution is 6.04. The number of imidazole rings is 1. The van der Waals surface area contributed by atoms with Gasteiger partial charge in [-0.3, -0.25) is 9.69 Å². The Labute approximate surface area is 175 Å². The number of aromatic amines is 1. The minimum atomic E-state index is -0.211. The van der Waals surface area contributed by atoms with Crippen molar-refractivity contribution in [2.24, 2.45) is 0 Å². The lowest BCUT2D eigenvalue weighted by Crippen LogP contribution is -2.33. The van der Waals surface area contributed by atoms with Gasteiger partial charge in [-0.05, 0) is 57.1 Å². The summed E-state index contributed by atoms with van der Waals surface area (Å²) in [5.41, 5.74) is 1.89. The lowest BCUT2D eigenvalue weighted by molar-refractivity contribution is 0.102. The summed E-state index contributed by atoms with van der Waals surface area (Å²) in [5.74, 6) is 2.67. The lowest BCUT2D eigenvalue weighted by Gasteiger charge is -2.30. The smallest absolute Gasteiger partial charge is 0.259 e. The molecule has 0 radical (unpaired) electrons. The third-order valence-corrected chi connectivity index (χ3v) is 5.47. The largest absolute Gasteiger partial charge is 0.497 e. The maximum atomic E-state index is 12.6. The molecular weight excluding hydrogens is 380 g/mol. The van der Waals surface area contributed by atoms with Crippen LogP contribution in [0.15, 0.2) is 42.9 Å². The molecule has 1 aromatic carbocycles. The average molecular weight is 406 g/mol. The van der Waals surface area contributed by atoms with Crippen molar-refractivity contribution in [3.8, 4) is 5.75 Å². The van der Waals surface area contributed by atoms with Gasteiger partial charge in [-0.2, -0.15) is 0 Å². The average Bonchev–Trinajstić information content (AvgIpc) is 3.28. The zero-order valence-electron chi connectivity index (χ0n) is 17.3. The van der Waals surface area contributed by atoms with Crippen molar-refractivity contribution in [1.82, 2.24) is 24.8 Å². The second-order valence-corrected chi connectivity index (χ2v) is 7.50. The quantitative estimate of drug-likeness (QED) is 0.653. The number of anilines is 1. The number of benzene rings is 1. The van der Waals surface area contributed by atoms with Gasteiger partial charge in [-0.1, -0.05) is 0 Å². The van der Waals surface area contributed by atoms with Crippen LogP contribution in [0.5, 0.6) is 5.75 Å². The predicted octanol–water partition coefficient (Wildman–Crippen LogP) is 3.15. The highest BCUT2D eigenvalue weighted by atomic mass is 16.5. The molecule has 0 saturated carbocycles. The van der Waals surface area contributed by atoms with Crippen molar-refractivity contribution in [2.75, 3.05) is 25.5 Å². The Kier molecular flexibility index (Phi) is 6.04. The van der Waals surface area contributed by atoms with Crippen molar-refractivity contribution in [3.63, 3.8) is 0 Å². The van der Waals surface area contributed by atoms with Gasteiger partial charge in [-0.15, -0.1) is 0 Å². The van der Waals surface area contributed by atoms with E-state index in [1.54, 1.807) is 43.8 Å². The topological polar surface area (TPSA) is 96.0 Å². The third-order valence-electron chi connectivity index (χ3n) is 5.47. The molecule has 3 aromatic rings. The van der Waals surface area contributed by atoms with Crippen LogP contribution < -0.4 is 10.1 Å². The molecule has 8 nitrogen and oxygen atoms in total. The van der Waals surface area contributed by atoms with Gasteiger partial charge in [0.1, 0.15) is 17.4 Å². The molecule has 0 spiro atoms. The number of methoxy groups -OCH3 is 1. The second-order valence-electron chi connectivity index (χ2n) is 7.50. The van der Waals surface area contributed by atoms with E-state index in [9.17, 15) is 4.79 Å². The fourth-order valence-corrected chi connectivity index (χ4v) is 3.72. The van der Waals surface area contributed by atoms with Crippen molar-refractivity contribution in [1.29, 1.82) is 0 Å². The number of nitrogens with zero attached hydrogens (tertiary/aromatic N) is 4. The normalized spacial score (nSPS) is 15.1. The van der Waals surface area contributed by atoms with E-state index in [0.29, 0.717) is 22.9 Å². The summed E-state index contributed by atoms with van der Waals surface area (Å²) >= 11 is 0. The molecule has 2 aromatic heterocycles. The molecule has 1 saturated heterocycles. The maximum absolute atomic E-state index is 12.6. The number of rotatable bonds is 6.